The monoisotopic (exact) mass is 204 g/mol. The minimum atomic E-state index is -2.85. The summed E-state index contributed by atoms with van der Waals surface area (Å²) in [5.41, 5.74) is 1.09. The van der Waals surface area contributed by atoms with Crippen molar-refractivity contribution >= 4 is 9.84 Å². The van der Waals surface area contributed by atoms with Gasteiger partial charge < -0.3 is 5.11 Å². The van der Waals surface area contributed by atoms with Crippen LogP contribution in [0.1, 0.15) is 26.2 Å². The van der Waals surface area contributed by atoms with Crippen molar-refractivity contribution in [3.05, 3.63) is 11.6 Å². The first-order chi connectivity index (χ1) is 6.03. The Morgan fingerprint density at radius 2 is 2.31 bits per heavy atom. The van der Waals surface area contributed by atoms with Crippen molar-refractivity contribution in [3.8, 4) is 0 Å². The zero-order chi connectivity index (χ0) is 9.90. The maximum absolute atomic E-state index is 11.1. The molecule has 0 aliphatic heterocycles. The SMILES string of the molecule is CCS(=O)(=O)CCC1=CC(O)CC1. The summed E-state index contributed by atoms with van der Waals surface area (Å²) in [7, 11) is -2.85. The largest absolute Gasteiger partial charge is 0.389 e. The first-order valence-corrected chi connectivity index (χ1v) is 6.43. The summed E-state index contributed by atoms with van der Waals surface area (Å²) in [6.45, 7) is 1.66. The van der Waals surface area contributed by atoms with E-state index in [0.29, 0.717) is 6.42 Å². The lowest BCUT2D eigenvalue weighted by atomic mass is 10.2. The van der Waals surface area contributed by atoms with Gasteiger partial charge >= 0.3 is 0 Å². The third kappa shape index (κ3) is 3.48. The summed E-state index contributed by atoms with van der Waals surface area (Å²) >= 11 is 0. The number of hydrogen-bond acceptors (Lipinski definition) is 3. The van der Waals surface area contributed by atoms with E-state index in [2.05, 4.69) is 0 Å². The van der Waals surface area contributed by atoms with Crippen LogP contribution in [0.3, 0.4) is 0 Å². The van der Waals surface area contributed by atoms with Crippen LogP contribution in [-0.2, 0) is 9.84 Å². The molecule has 0 aromatic carbocycles. The average molecular weight is 204 g/mol. The highest BCUT2D eigenvalue weighted by Gasteiger charge is 2.15. The van der Waals surface area contributed by atoms with E-state index in [1.165, 1.54) is 0 Å². The normalized spacial score (nSPS) is 23.2. The van der Waals surface area contributed by atoms with Crippen molar-refractivity contribution in [3.63, 3.8) is 0 Å². The lowest BCUT2D eigenvalue weighted by molar-refractivity contribution is 0.223. The van der Waals surface area contributed by atoms with E-state index in [1.807, 2.05) is 0 Å². The first-order valence-electron chi connectivity index (χ1n) is 4.61. The molecule has 0 radical (unpaired) electrons. The molecule has 3 nitrogen and oxygen atoms in total. The van der Waals surface area contributed by atoms with E-state index in [0.717, 1.165) is 18.4 Å². The highest BCUT2D eigenvalue weighted by molar-refractivity contribution is 7.91. The average Bonchev–Trinajstić information content (AvgIpc) is 2.48. The third-order valence-corrected chi connectivity index (χ3v) is 4.07. The predicted octanol–water partition coefficient (Wildman–Crippen LogP) is 0.892. The van der Waals surface area contributed by atoms with Gasteiger partial charge in [0.05, 0.1) is 11.9 Å². The molecule has 1 N–H and O–H groups in total. The van der Waals surface area contributed by atoms with Gasteiger partial charge in [-0.2, -0.15) is 0 Å². The second kappa shape index (κ2) is 4.24. The number of aliphatic hydroxyl groups is 1. The predicted molar refractivity (Wildman–Crippen MR) is 52.3 cm³/mol. The Morgan fingerprint density at radius 3 is 2.77 bits per heavy atom. The van der Waals surface area contributed by atoms with E-state index in [4.69, 9.17) is 5.11 Å². The fraction of sp³-hybridized carbons (Fsp3) is 0.778. The van der Waals surface area contributed by atoms with Crippen molar-refractivity contribution in [2.75, 3.05) is 11.5 Å². The van der Waals surface area contributed by atoms with Crippen molar-refractivity contribution in [2.24, 2.45) is 0 Å². The van der Waals surface area contributed by atoms with Crippen LogP contribution >= 0.6 is 0 Å². The molecule has 0 aromatic rings. The van der Waals surface area contributed by atoms with E-state index in [-0.39, 0.29) is 17.6 Å². The topological polar surface area (TPSA) is 54.4 Å². The summed E-state index contributed by atoms with van der Waals surface area (Å²) in [5.74, 6) is 0.435. The Bertz CT molecular complexity index is 290. The lowest BCUT2D eigenvalue weighted by Gasteiger charge is -2.01. The molecule has 76 valence electrons. The molecular weight excluding hydrogens is 188 g/mol. The second-order valence-corrected chi connectivity index (χ2v) is 5.89. The molecule has 1 aliphatic rings. The first kappa shape index (κ1) is 10.7. The van der Waals surface area contributed by atoms with Crippen LogP contribution in [0.2, 0.25) is 0 Å². The Balaban J connectivity index is 2.40. The number of allylic oxidation sites excluding steroid dienone is 1. The van der Waals surface area contributed by atoms with E-state index in [9.17, 15) is 8.42 Å². The van der Waals surface area contributed by atoms with Gasteiger partial charge in [0.1, 0.15) is 9.84 Å². The summed E-state index contributed by atoms with van der Waals surface area (Å²) < 4.78 is 22.3. The van der Waals surface area contributed by atoms with Gasteiger partial charge in [0.15, 0.2) is 0 Å². The molecular formula is C9H16O3S. The van der Waals surface area contributed by atoms with Gasteiger partial charge in [-0.05, 0) is 19.3 Å². The molecule has 0 bridgehead atoms. The van der Waals surface area contributed by atoms with Crippen LogP contribution in [0.5, 0.6) is 0 Å². The van der Waals surface area contributed by atoms with Crippen LogP contribution in [0.25, 0.3) is 0 Å². The minimum Gasteiger partial charge on any atom is -0.389 e. The smallest absolute Gasteiger partial charge is 0.150 e. The Hall–Kier alpha value is -0.350. The van der Waals surface area contributed by atoms with Crippen LogP contribution in [-0.4, -0.2) is 31.1 Å². The van der Waals surface area contributed by atoms with Gasteiger partial charge in [0, 0.05) is 5.75 Å². The highest BCUT2D eigenvalue weighted by Crippen LogP contribution is 2.21. The summed E-state index contributed by atoms with van der Waals surface area (Å²) in [6, 6.07) is 0. The van der Waals surface area contributed by atoms with Crippen molar-refractivity contribution < 1.29 is 13.5 Å². The van der Waals surface area contributed by atoms with Crippen LogP contribution in [0, 0.1) is 0 Å². The molecule has 0 spiro atoms. The van der Waals surface area contributed by atoms with Crippen LogP contribution in [0.4, 0.5) is 0 Å². The molecule has 0 heterocycles. The molecule has 0 amide bonds. The fourth-order valence-electron chi connectivity index (χ4n) is 1.41. The van der Waals surface area contributed by atoms with E-state index in [1.54, 1.807) is 13.0 Å². The summed E-state index contributed by atoms with van der Waals surface area (Å²) in [5, 5.41) is 9.16. The van der Waals surface area contributed by atoms with Crippen LogP contribution < -0.4 is 0 Å². The minimum absolute atomic E-state index is 0.211. The van der Waals surface area contributed by atoms with E-state index >= 15 is 0 Å². The molecule has 1 rings (SSSR count). The van der Waals surface area contributed by atoms with Crippen molar-refractivity contribution in [1.82, 2.24) is 0 Å². The fourth-order valence-corrected chi connectivity index (χ4v) is 2.27. The molecule has 0 saturated heterocycles. The molecule has 0 aromatic heterocycles. The number of rotatable bonds is 4. The maximum atomic E-state index is 11.1. The summed E-state index contributed by atoms with van der Waals surface area (Å²) in [6.07, 6.45) is 3.62. The van der Waals surface area contributed by atoms with Crippen molar-refractivity contribution in [2.45, 2.75) is 32.3 Å². The van der Waals surface area contributed by atoms with Gasteiger partial charge in [-0.15, -0.1) is 0 Å². The zero-order valence-corrected chi connectivity index (χ0v) is 8.68. The molecule has 0 saturated carbocycles. The second-order valence-electron chi connectivity index (χ2n) is 3.42. The van der Waals surface area contributed by atoms with Crippen LogP contribution in [0.15, 0.2) is 11.6 Å². The van der Waals surface area contributed by atoms with Gasteiger partial charge in [-0.1, -0.05) is 18.6 Å². The van der Waals surface area contributed by atoms with Gasteiger partial charge in [0.25, 0.3) is 0 Å². The number of sulfone groups is 1. The quantitative estimate of drug-likeness (QED) is 0.692. The maximum Gasteiger partial charge on any atom is 0.150 e. The summed E-state index contributed by atoms with van der Waals surface area (Å²) in [4.78, 5) is 0. The van der Waals surface area contributed by atoms with Gasteiger partial charge in [-0.3, -0.25) is 0 Å². The molecule has 0 fully saturated rings. The highest BCUT2D eigenvalue weighted by atomic mass is 32.2. The molecule has 1 aliphatic carbocycles. The Labute approximate surface area is 79.4 Å². The van der Waals surface area contributed by atoms with Crippen molar-refractivity contribution in [1.29, 1.82) is 0 Å². The number of aliphatic hydroxyl groups excluding tert-OH is 1. The Morgan fingerprint density at radius 1 is 1.62 bits per heavy atom. The van der Waals surface area contributed by atoms with Gasteiger partial charge in [-0.25, -0.2) is 8.42 Å². The zero-order valence-electron chi connectivity index (χ0n) is 7.86. The Kier molecular flexibility index (Phi) is 3.50. The van der Waals surface area contributed by atoms with E-state index < -0.39 is 9.84 Å². The number of hydrogen-bond donors (Lipinski definition) is 1. The lowest BCUT2D eigenvalue weighted by Crippen LogP contribution is -2.08. The molecule has 1 atom stereocenters. The molecule has 13 heavy (non-hydrogen) atoms. The third-order valence-electron chi connectivity index (χ3n) is 2.36. The van der Waals surface area contributed by atoms with Gasteiger partial charge in [0.2, 0.25) is 0 Å². The standard InChI is InChI=1S/C9H16O3S/c1-2-13(11,12)6-5-8-3-4-9(10)7-8/h7,9-10H,2-6H2,1H3. The molecule has 4 heteroatoms. The molecule has 1 unspecified atom stereocenters.